The molecule has 0 bridgehead atoms. The van der Waals surface area contributed by atoms with E-state index in [1.807, 2.05) is 91.0 Å². The number of ketones is 5. The van der Waals surface area contributed by atoms with E-state index < -0.39 is 161 Å². The van der Waals surface area contributed by atoms with Crippen LogP contribution in [0.4, 0.5) is 0 Å². The number of nitrogens with one attached hydrogen (secondary N) is 2. The number of hydrogen-bond acceptors (Lipinski definition) is 13. The van der Waals surface area contributed by atoms with Crippen molar-refractivity contribution in [1.82, 2.24) is 30.2 Å². The number of aliphatic hydroxyl groups excluding tert-OH is 1. The smallest absolute Gasteiger partial charge is 0.245 e. The minimum Gasteiger partial charge on any atom is -0.392 e. The fourth-order valence-electron chi connectivity index (χ4n) is 12.2. The summed E-state index contributed by atoms with van der Waals surface area (Å²) in [7, 11) is 5.91. The predicted octanol–water partition coefficient (Wildman–Crippen LogP) is 8.91. The Kier molecular flexibility index (Phi) is 34.3. The molecule has 0 aromatic heterocycles. The average molecular weight is 1260 g/mol. The predicted molar refractivity (Wildman–Crippen MR) is 352 cm³/mol. The molecular formula is C71H114N6O13. The molecule has 1 heterocycles. The summed E-state index contributed by atoms with van der Waals surface area (Å²) < 4.78 is 6.24. The highest BCUT2D eigenvalue weighted by atomic mass is 16.5. The fourth-order valence-corrected chi connectivity index (χ4v) is 12.2. The van der Waals surface area contributed by atoms with Gasteiger partial charge in [0.05, 0.1) is 48.9 Å². The van der Waals surface area contributed by atoms with Crippen LogP contribution in [0.2, 0.25) is 0 Å². The molecule has 0 spiro atoms. The monoisotopic (exact) mass is 1260 g/mol. The lowest BCUT2D eigenvalue weighted by Crippen LogP contribution is -2.53. The Labute approximate surface area is 539 Å². The number of allylic oxidation sites excluding steroid dienone is 2. The van der Waals surface area contributed by atoms with Crippen LogP contribution in [-0.2, 0) is 57.5 Å². The van der Waals surface area contributed by atoms with Crippen LogP contribution in [0.25, 0.3) is 6.08 Å². The highest BCUT2D eigenvalue weighted by Gasteiger charge is 2.43. The zero-order chi connectivity index (χ0) is 68.6. The molecule has 1 aromatic rings. The van der Waals surface area contributed by atoms with Crippen LogP contribution in [0.15, 0.2) is 48.6 Å². The van der Waals surface area contributed by atoms with E-state index >= 15 is 0 Å². The molecule has 1 fully saturated rings. The molecule has 0 radical (unpaired) electrons. The van der Waals surface area contributed by atoms with Gasteiger partial charge in [-0.25, -0.2) is 0 Å². The van der Waals surface area contributed by atoms with E-state index in [0.717, 1.165) is 5.56 Å². The Balaban J connectivity index is 2.91. The van der Waals surface area contributed by atoms with Crippen LogP contribution in [0.3, 0.4) is 0 Å². The minimum absolute atomic E-state index is 0.0517. The molecule has 1 aliphatic heterocycles. The number of likely N-dealkylation sites (N-methyl/N-ethyl adjacent to an activating group) is 4. The lowest BCUT2D eigenvalue weighted by molar-refractivity contribution is -0.148. The fraction of sp³-hybridized carbons (Fsp3) is 0.704. The van der Waals surface area contributed by atoms with Crippen LogP contribution < -0.4 is 10.6 Å². The molecular weight excluding hydrogens is 1140 g/mol. The number of hydrogen-bond donors (Lipinski definition) is 3. The number of nitrogens with zero attached hydrogens (tertiary/aromatic N) is 4. The molecule has 0 saturated carbocycles. The Morgan fingerprint density at radius 3 is 1.62 bits per heavy atom. The van der Waals surface area contributed by atoms with Crippen LogP contribution in [-0.4, -0.2) is 172 Å². The number of carbonyl (C=O) groups is 11. The van der Waals surface area contributed by atoms with Crippen molar-refractivity contribution in [3.63, 3.8) is 0 Å². The zero-order valence-electron chi connectivity index (χ0n) is 58.2. The molecule has 19 nitrogen and oxygen atoms in total. The van der Waals surface area contributed by atoms with E-state index in [1.165, 1.54) is 54.7 Å². The van der Waals surface area contributed by atoms with Crippen molar-refractivity contribution in [3.8, 4) is 0 Å². The summed E-state index contributed by atoms with van der Waals surface area (Å²) in [4.78, 5) is 166. The maximum atomic E-state index is 14.9. The largest absolute Gasteiger partial charge is 0.392 e. The van der Waals surface area contributed by atoms with Gasteiger partial charge in [0, 0.05) is 84.5 Å². The summed E-state index contributed by atoms with van der Waals surface area (Å²) in [5.74, 6) is -11.9. The Hall–Kier alpha value is -6.21. The lowest BCUT2D eigenvalue weighted by Gasteiger charge is -2.36. The lowest BCUT2D eigenvalue weighted by atomic mass is 9.82. The van der Waals surface area contributed by atoms with Gasteiger partial charge in [0.2, 0.25) is 35.4 Å². The van der Waals surface area contributed by atoms with Crippen molar-refractivity contribution >= 4 is 70.4 Å². The van der Waals surface area contributed by atoms with E-state index in [-0.39, 0.29) is 82.1 Å². The minimum atomic E-state index is -1.39. The highest BCUT2D eigenvalue weighted by molar-refractivity contribution is 5.99. The third kappa shape index (κ3) is 24.4. The SMILES string of the molecule is C/C=C/C[C@@H](C)[C@@H](O)[C@@H]1CC(=O)[C@H](C(C)C)N(C)C(=O)[C@H](CC(C)C)CC(=O)[C@H](CC(C)C)N(C)C(=O)[C@@H](C)NC(=O)[C@H](C)CC(=O)[C@H](CC(C)C)N(C)C(=O)[C@H](C(C)C)CC(=O)[C@H]([C@@H](C)OC/C=C/c2ccccc2)N(C)C(=O)CCC(=O)[C@H](CC)NC1=O. The first-order chi connectivity index (χ1) is 42.0. The van der Waals surface area contributed by atoms with Crippen LogP contribution >= 0.6 is 0 Å². The topological polar surface area (TPSA) is 254 Å². The molecule has 0 aliphatic carbocycles. The van der Waals surface area contributed by atoms with Gasteiger partial charge in [-0.1, -0.05) is 145 Å². The van der Waals surface area contributed by atoms with E-state index in [2.05, 4.69) is 10.6 Å². The summed E-state index contributed by atoms with van der Waals surface area (Å²) in [5, 5.41) is 17.5. The van der Waals surface area contributed by atoms with E-state index in [4.69, 9.17) is 4.74 Å². The number of benzene rings is 1. The standard InChI is InChI=1S/C71H114N6O13/c1-21-23-28-47(13)66(84)54-41-61(81)64(46(11)12)77(20)70(88)52(35-42(3)4)39-60(80)57(37-44(7)8)74(17)69(87)49(15)72-67(85)48(14)38-59(79)56(36-43(5)6)75(18)71(89)53(45(9)10)40-62(82)65(50(16)90-34-27-31-51-29-25-24-26-30-51)76(19)63(83)33-32-58(78)55(22-2)73-68(54)86/h21,23-27,29-31,42-50,52-57,64-66,84H,22,28,32-41H2,1-20H3,(H,72,85)(H,73,86)/b23-21+,31-27+/t47-,48-,49-,50-,52-,53+,54+,55+,56+,57+,64+,65+,66-/m1/s1. The van der Waals surface area contributed by atoms with E-state index in [1.54, 1.807) is 67.5 Å². The Bertz CT molecular complexity index is 2610. The maximum absolute atomic E-state index is 14.9. The average Bonchev–Trinajstić information content (AvgIpc) is 0.938. The van der Waals surface area contributed by atoms with Gasteiger partial charge >= 0.3 is 0 Å². The summed E-state index contributed by atoms with van der Waals surface area (Å²) >= 11 is 0. The molecule has 1 aliphatic rings. The van der Waals surface area contributed by atoms with Gasteiger partial charge in [-0.05, 0) is 93.9 Å². The van der Waals surface area contributed by atoms with Crippen LogP contribution in [0, 0.1) is 59.2 Å². The second-order valence-electron chi connectivity index (χ2n) is 27.4. The van der Waals surface area contributed by atoms with Gasteiger partial charge < -0.3 is 40.1 Å². The molecule has 6 amide bonds. The normalized spacial score (nSPS) is 26.5. The number of carbonyl (C=O) groups excluding carboxylic acids is 11. The first kappa shape index (κ1) is 79.9. The number of aliphatic hydroxyl groups is 1. The molecule has 0 unspecified atom stereocenters. The van der Waals surface area contributed by atoms with Gasteiger partial charge in [-0.2, -0.15) is 0 Å². The van der Waals surface area contributed by atoms with Crippen molar-refractivity contribution in [2.24, 2.45) is 59.2 Å². The summed E-state index contributed by atoms with van der Waals surface area (Å²) in [6.07, 6.45) is 3.91. The van der Waals surface area contributed by atoms with Crippen molar-refractivity contribution in [2.45, 2.75) is 230 Å². The summed E-state index contributed by atoms with van der Waals surface area (Å²) in [6, 6.07) is 2.80. The molecule has 1 aromatic carbocycles. The highest BCUT2D eigenvalue weighted by Crippen LogP contribution is 2.30. The van der Waals surface area contributed by atoms with Crippen molar-refractivity contribution in [1.29, 1.82) is 0 Å². The van der Waals surface area contributed by atoms with Crippen molar-refractivity contribution in [3.05, 3.63) is 54.1 Å². The first-order valence-electron chi connectivity index (χ1n) is 32.9. The second kappa shape index (κ2) is 38.6. The van der Waals surface area contributed by atoms with Gasteiger partial charge in [0.25, 0.3) is 0 Å². The third-order valence-electron chi connectivity index (χ3n) is 17.6. The quantitative estimate of drug-likeness (QED) is 0.116. The third-order valence-corrected chi connectivity index (χ3v) is 17.6. The summed E-state index contributed by atoms with van der Waals surface area (Å²) in [5.41, 5.74) is 0.912. The Morgan fingerprint density at radius 1 is 0.567 bits per heavy atom. The number of amides is 6. The first-order valence-corrected chi connectivity index (χ1v) is 32.9. The number of Topliss-reactive ketones (excluding diaryl/α,β-unsaturated/α-hetero) is 5. The van der Waals surface area contributed by atoms with Gasteiger partial charge in [0.15, 0.2) is 28.9 Å². The zero-order valence-corrected chi connectivity index (χ0v) is 58.2. The molecule has 13 atom stereocenters. The van der Waals surface area contributed by atoms with Crippen molar-refractivity contribution in [2.75, 3.05) is 34.8 Å². The van der Waals surface area contributed by atoms with Crippen molar-refractivity contribution < 1.29 is 62.6 Å². The second-order valence-corrected chi connectivity index (χ2v) is 27.4. The molecule has 1 saturated heterocycles. The van der Waals surface area contributed by atoms with Gasteiger partial charge in [0.1, 0.15) is 12.1 Å². The van der Waals surface area contributed by atoms with E-state index in [0.29, 0.717) is 6.42 Å². The molecule has 19 heteroatoms. The van der Waals surface area contributed by atoms with Gasteiger partial charge in [-0.15, -0.1) is 0 Å². The molecule has 506 valence electrons. The number of ether oxygens (including phenoxy) is 1. The molecule has 2 rings (SSSR count). The molecule has 3 N–H and O–H groups in total. The molecule has 90 heavy (non-hydrogen) atoms. The van der Waals surface area contributed by atoms with Gasteiger partial charge in [-0.3, -0.25) is 52.7 Å². The van der Waals surface area contributed by atoms with Crippen LogP contribution in [0.1, 0.15) is 187 Å². The number of rotatable bonds is 18. The van der Waals surface area contributed by atoms with E-state index in [9.17, 15) is 57.8 Å². The summed E-state index contributed by atoms with van der Waals surface area (Å²) in [6.45, 7) is 28.5. The maximum Gasteiger partial charge on any atom is 0.245 e. The Morgan fingerprint density at radius 2 is 1.10 bits per heavy atom. The van der Waals surface area contributed by atoms with Crippen LogP contribution in [0.5, 0.6) is 0 Å².